The van der Waals surface area contributed by atoms with E-state index in [1.807, 2.05) is 18.0 Å². The lowest BCUT2D eigenvalue weighted by molar-refractivity contribution is 0.473. The third kappa shape index (κ3) is 5.73. The van der Waals surface area contributed by atoms with E-state index < -0.39 is 0 Å². The Morgan fingerprint density at radius 2 is 2.16 bits per heavy atom. The Hall–Kier alpha value is -1.58. The zero-order valence-corrected chi connectivity index (χ0v) is 12.1. The van der Waals surface area contributed by atoms with Gasteiger partial charge in [0, 0.05) is 27.2 Å². The predicted octanol–water partition coefficient (Wildman–Crippen LogP) is 3.02. The minimum atomic E-state index is -0.197. The molecular formula is C15H24FN3. The number of nitrogens with zero attached hydrogens (tertiary/aromatic N) is 2. The van der Waals surface area contributed by atoms with Gasteiger partial charge in [-0.3, -0.25) is 4.99 Å². The molecule has 1 N–H and O–H groups in total. The standard InChI is InChI=1S/C15H24FN3/c1-4-5-6-10-18-15(17-2)19(3)12-13-8-7-9-14(16)11-13/h7-9,11H,4-6,10,12H2,1-3H3,(H,17,18). The van der Waals surface area contributed by atoms with Gasteiger partial charge in [-0.25, -0.2) is 4.39 Å². The molecule has 3 nitrogen and oxygen atoms in total. The average Bonchev–Trinajstić information content (AvgIpc) is 2.38. The van der Waals surface area contributed by atoms with Crippen LogP contribution in [0.15, 0.2) is 29.3 Å². The normalized spacial score (nSPS) is 11.5. The quantitative estimate of drug-likeness (QED) is 0.486. The molecule has 0 aliphatic rings. The molecule has 0 aromatic heterocycles. The summed E-state index contributed by atoms with van der Waals surface area (Å²) in [6.07, 6.45) is 3.57. The molecule has 0 fully saturated rings. The second kappa shape index (κ2) is 8.51. The van der Waals surface area contributed by atoms with Gasteiger partial charge in [-0.05, 0) is 24.1 Å². The van der Waals surface area contributed by atoms with Crippen LogP contribution in [0.3, 0.4) is 0 Å². The van der Waals surface area contributed by atoms with Gasteiger partial charge in [0.1, 0.15) is 5.82 Å². The maximum atomic E-state index is 13.1. The second-order valence-corrected chi connectivity index (χ2v) is 4.67. The van der Waals surface area contributed by atoms with Crippen LogP contribution in [0.25, 0.3) is 0 Å². The Balaban J connectivity index is 2.47. The average molecular weight is 265 g/mol. The number of halogens is 1. The van der Waals surface area contributed by atoms with Crippen molar-refractivity contribution < 1.29 is 4.39 Å². The molecule has 0 aliphatic heterocycles. The molecule has 0 saturated carbocycles. The van der Waals surface area contributed by atoms with E-state index in [9.17, 15) is 4.39 Å². The van der Waals surface area contributed by atoms with E-state index in [2.05, 4.69) is 17.2 Å². The largest absolute Gasteiger partial charge is 0.356 e. The Morgan fingerprint density at radius 1 is 1.37 bits per heavy atom. The number of rotatable bonds is 6. The van der Waals surface area contributed by atoms with Crippen molar-refractivity contribution in [1.29, 1.82) is 0 Å². The lowest BCUT2D eigenvalue weighted by Crippen LogP contribution is -2.38. The Labute approximate surface area is 115 Å². The molecule has 4 heteroatoms. The maximum absolute atomic E-state index is 13.1. The third-order valence-corrected chi connectivity index (χ3v) is 2.95. The number of hydrogen-bond acceptors (Lipinski definition) is 1. The van der Waals surface area contributed by atoms with Crippen molar-refractivity contribution in [2.75, 3.05) is 20.6 Å². The van der Waals surface area contributed by atoms with Gasteiger partial charge in [0.25, 0.3) is 0 Å². The van der Waals surface area contributed by atoms with E-state index >= 15 is 0 Å². The van der Waals surface area contributed by atoms with E-state index in [0.29, 0.717) is 6.54 Å². The van der Waals surface area contributed by atoms with E-state index in [1.165, 1.54) is 18.9 Å². The highest BCUT2D eigenvalue weighted by Gasteiger charge is 2.06. The fraction of sp³-hybridized carbons (Fsp3) is 0.533. The summed E-state index contributed by atoms with van der Waals surface area (Å²) in [4.78, 5) is 6.24. The highest BCUT2D eigenvalue weighted by Crippen LogP contribution is 2.06. The number of nitrogens with one attached hydrogen (secondary N) is 1. The number of hydrogen-bond donors (Lipinski definition) is 1. The molecule has 1 rings (SSSR count). The van der Waals surface area contributed by atoms with E-state index in [0.717, 1.165) is 24.5 Å². The summed E-state index contributed by atoms with van der Waals surface area (Å²) in [6, 6.07) is 6.67. The van der Waals surface area contributed by atoms with E-state index in [-0.39, 0.29) is 5.82 Å². The van der Waals surface area contributed by atoms with Crippen molar-refractivity contribution in [3.63, 3.8) is 0 Å². The summed E-state index contributed by atoms with van der Waals surface area (Å²) in [5, 5.41) is 3.32. The van der Waals surface area contributed by atoms with E-state index in [4.69, 9.17) is 0 Å². The van der Waals surface area contributed by atoms with Crippen LogP contribution < -0.4 is 5.32 Å². The molecular weight excluding hydrogens is 241 g/mol. The van der Waals surface area contributed by atoms with Gasteiger partial charge in [-0.2, -0.15) is 0 Å². The maximum Gasteiger partial charge on any atom is 0.193 e. The Morgan fingerprint density at radius 3 is 2.79 bits per heavy atom. The summed E-state index contributed by atoms with van der Waals surface area (Å²) in [6.45, 7) is 3.75. The van der Waals surface area contributed by atoms with Gasteiger partial charge in [-0.1, -0.05) is 31.9 Å². The van der Waals surface area contributed by atoms with Gasteiger partial charge in [-0.15, -0.1) is 0 Å². The van der Waals surface area contributed by atoms with Crippen LogP contribution in [0.2, 0.25) is 0 Å². The van der Waals surface area contributed by atoms with Crippen LogP contribution >= 0.6 is 0 Å². The first-order chi connectivity index (χ1) is 9.17. The van der Waals surface area contributed by atoms with Crippen molar-refractivity contribution in [2.24, 2.45) is 4.99 Å². The monoisotopic (exact) mass is 265 g/mol. The summed E-state index contributed by atoms with van der Waals surface area (Å²) in [5.41, 5.74) is 0.944. The fourth-order valence-electron chi connectivity index (χ4n) is 1.94. The molecule has 106 valence electrons. The molecule has 0 unspecified atom stereocenters. The van der Waals surface area contributed by atoms with Crippen molar-refractivity contribution in [1.82, 2.24) is 10.2 Å². The first-order valence-corrected chi connectivity index (χ1v) is 6.83. The molecule has 0 atom stereocenters. The number of guanidine groups is 1. The van der Waals surface area contributed by atoms with Crippen LogP contribution in [-0.4, -0.2) is 31.5 Å². The number of unbranched alkanes of at least 4 members (excludes halogenated alkanes) is 2. The van der Waals surface area contributed by atoms with Crippen molar-refractivity contribution in [3.05, 3.63) is 35.6 Å². The molecule has 19 heavy (non-hydrogen) atoms. The molecule has 0 spiro atoms. The lowest BCUT2D eigenvalue weighted by atomic mass is 10.2. The molecule has 0 bridgehead atoms. The molecule has 0 radical (unpaired) electrons. The van der Waals surface area contributed by atoms with Crippen LogP contribution in [-0.2, 0) is 6.54 Å². The van der Waals surface area contributed by atoms with Gasteiger partial charge in [0.15, 0.2) is 5.96 Å². The van der Waals surface area contributed by atoms with Crippen LogP contribution in [0.1, 0.15) is 31.7 Å². The second-order valence-electron chi connectivity index (χ2n) is 4.67. The van der Waals surface area contributed by atoms with E-state index in [1.54, 1.807) is 19.2 Å². The zero-order chi connectivity index (χ0) is 14.1. The molecule has 0 heterocycles. The summed E-state index contributed by atoms with van der Waals surface area (Å²) < 4.78 is 13.1. The zero-order valence-electron chi connectivity index (χ0n) is 12.1. The van der Waals surface area contributed by atoms with Gasteiger partial charge in [0.05, 0.1) is 0 Å². The first kappa shape index (κ1) is 15.5. The Bertz CT molecular complexity index is 404. The topological polar surface area (TPSA) is 27.6 Å². The third-order valence-electron chi connectivity index (χ3n) is 2.95. The minimum absolute atomic E-state index is 0.197. The summed E-state index contributed by atoms with van der Waals surface area (Å²) in [5.74, 6) is 0.650. The van der Waals surface area contributed by atoms with Crippen molar-refractivity contribution in [3.8, 4) is 0 Å². The smallest absolute Gasteiger partial charge is 0.193 e. The summed E-state index contributed by atoms with van der Waals surface area (Å²) >= 11 is 0. The highest BCUT2D eigenvalue weighted by atomic mass is 19.1. The predicted molar refractivity (Wildman–Crippen MR) is 78.8 cm³/mol. The lowest BCUT2D eigenvalue weighted by Gasteiger charge is -2.22. The number of aliphatic imine (C=N–C) groups is 1. The van der Waals surface area contributed by atoms with Crippen LogP contribution in [0.4, 0.5) is 4.39 Å². The van der Waals surface area contributed by atoms with Crippen LogP contribution in [0, 0.1) is 5.82 Å². The summed E-state index contributed by atoms with van der Waals surface area (Å²) in [7, 11) is 3.73. The fourth-order valence-corrected chi connectivity index (χ4v) is 1.94. The highest BCUT2D eigenvalue weighted by molar-refractivity contribution is 5.79. The molecule has 0 aliphatic carbocycles. The molecule has 1 aromatic rings. The molecule has 0 saturated heterocycles. The molecule has 0 amide bonds. The van der Waals surface area contributed by atoms with Gasteiger partial charge in [0.2, 0.25) is 0 Å². The van der Waals surface area contributed by atoms with Crippen LogP contribution in [0.5, 0.6) is 0 Å². The van der Waals surface area contributed by atoms with Gasteiger partial charge >= 0.3 is 0 Å². The minimum Gasteiger partial charge on any atom is -0.356 e. The first-order valence-electron chi connectivity index (χ1n) is 6.83. The number of benzene rings is 1. The van der Waals surface area contributed by atoms with Gasteiger partial charge < -0.3 is 10.2 Å². The van der Waals surface area contributed by atoms with Crippen molar-refractivity contribution >= 4 is 5.96 Å². The Kier molecular flexibility index (Phi) is 6.93. The molecule has 1 aromatic carbocycles. The SMILES string of the molecule is CCCCCNC(=NC)N(C)Cc1cccc(F)c1. The van der Waals surface area contributed by atoms with Crippen molar-refractivity contribution in [2.45, 2.75) is 32.7 Å².